The van der Waals surface area contributed by atoms with Crippen molar-refractivity contribution in [3.63, 3.8) is 0 Å². The molecule has 0 aliphatic carbocycles. The molecular weight excluding hydrogens is 552 g/mol. The summed E-state index contributed by atoms with van der Waals surface area (Å²) in [7, 11) is -3.79. The van der Waals surface area contributed by atoms with Crippen LogP contribution in [-0.2, 0) is 30.6 Å². The number of sulfone groups is 1. The number of ether oxygens (including phenoxy) is 2. The molecule has 3 aromatic carbocycles. The summed E-state index contributed by atoms with van der Waals surface area (Å²) in [6.45, 7) is 6.67. The summed E-state index contributed by atoms with van der Waals surface area (Å²) in [5.74, 6) is -0.203. The highest BCUT2D eigenvalue weighted by molar-refractivity contribution is 7.91. The molecule has 3 rings (SSSR count). The number of hydrogen-bond acceptors (Lipinski definition) is 8. The lowest BCUT2D eigenvalue weighted by atomic mass is 10.1. The summed E-state index contributed by atoms with van der Waals surface area (Å²) in [4.78, 5) is 17.3. The zero-order chi connectivity index (χ0) is 29.0. The topological polar surface area (TPSA) is 103 Å². The van der Waals surface area contributed by atoms with Gasteiger partial charge in [0.05, 0.1) is 47.6 Å². The monoisotopic (exact) mass is 586 g/mol. The number of hydrogen-bond donors (Lipinski definition) is 1. The Kier molecular flexibility index (Phi) is 11.8. The minimum absolute atomic E-state index is 0.0233. The third-order valence-electron chi connectivity index (χ3n) is 5.78. The van der Waals surface area contributed by atoms with Gasteiger partial charge in [-0.15, -0.1) is 0 Å². The Bertz CT molecular complexity index is 1390. The van der Waals surface area contributed by atoms with Crippen molar-refractivity contribution in [2.45, 2.75) is 44.6 Å². The number of anilines is 1. The molecule has 0 aliphatic heterocycles. The number of nitrogens with one attached hydrogen (secondary N) is 1. The summed E-state index contributed by atoms with van der Waals surface area (Å²) >= 11 is 6.16. The SMILES string of the molecule is CCON=Cc1ccc(CCOc2cc(C)cc(NC(CC(=O)OCC)CS(=O)(=O)c3ccccc3Cl)c2)cc1. The molecule has 0 fully saturated rings. The molecule has 1 N–H and O–H groups in total. The Labute approximate surface area is 241 Å². The molecule has 0 heterocycles. The molecule has 214 valence electrons. The van der Waals surface area contributed by atoms with Gasteiger partial charge in [0.25, 0.3) is 0 Å². The maximum atomic E-state index is 13.2. The molecule has 10 heteroatoms. The van der Waals surface area contributed by atoms with Crippen LogP contribution in [-0.4, -0.2) is 52.2 Å². The highest BCUT2D eigenvalue weighted by atomic mass is 35.5. The van der Waals surface area contributed by atoms with Crippen LogP contribution in [0.4, 0.5) is 5.69 Å². The minimum atomic E-state index is -3.79. The van der Waals surface area contributed by atoms with Crippen molar-refractivity contribution in [3.8, 4) is 5.75 Å². The number of aryl methyl sites for hydroxylation is 1. The third kappa shape index (κ3) is 9.88. The second kappa shape index (κ2) is 15.3. The predicted molar refractivity (Wildman–Crippen MR) is 158 cm³/mol. The highest BCUT2D eigenvalue weighted by Crippen LogP contribution is 2.26. The first-order valence-corrected chi connectivity index (χ1v) is 15.1. The van der Waals surface area contributed by atoms with Crippen molar-refractivity contribution >= 4 is 39.3 Å². The molecule has 0 aromatic heterocycles. The number of benzene rings is 3. The lowest BCUT2D eigenvalue weighted by Crippen LogP contribution is -2.32. The van der Waals surface area contributed by atoms with Crippen molar-refractivity contribution in [2.24, 2.45) is 5.16 Å². The first-order chi connectivity index (χ1) is 19.2. The van der Waals surface area contributed by atoms with Crippen molar-refractivity contribution in [3.05, 3.63) is 88.4 Å². The zero-order valence-corrected chi connectivity index (χ0v) is 24.5. The number of nitrogens with zero attached hydrogens (tertiary/aromatic N) is 1. The van der Waals surface area contributed by atoms with E-state index >= 15 is 0 Å². The number of carbonyl (C=O) groups excluding carboxylic acids is 1. The summed E-state index contributed by atoms with van der Waals surface area (Å²) in [5, 5.41) is 7.21. The molecule has 0 radical (unpaired) electrons. The van der Waals surface area contributed by atoms with Crippen LogP contribution in [0, 0.1) is 6.92 Å². The molecule has 0 saturated heterocycles. The maximum absolute atomic E-state index is 13.2. The van der Waals surface area contributed by atoms with Crippen LogP contribution in [0.5, 0.6) is 5.75 Å². The molecule has 1 atom stereocenters. The molecule has 1 unspecified atom stereocenters. The van der Waals surface area contributed by atoms with Gasteiger partial charge in [-0.3, -0.25) is 4.79 Å². The van der Waals surface area contributed by atoms with Gasteiger partial charge in [0.1, 0.15) is 12.4 Å². The van der Waals surface area contributed by atoms with E-state index in [0.717, 1.165) is 16.7 Å². The molecule has 0 bridgehead atoms. The van der Waals surface area contributed by atoms with Crippen LogP contribution in [0.1, 0.15) is 37.0 Å². The van der Waals surface area contributed by atoms with E-state index in [2.05, 4.69) is 10.5 Å². The molecule has 0 aliphatic rings. The van der Waals surface area contributed by atoms with Crippen LogP contribution in [0.3, 0.4) is 0 Å². The summed E-state index contributed by atoms with van der Waals surface area (Å²) in [5.41, 5.74) is 3.61. The van der Waals surface area contributed by atoms with Crippen LogP contribution >= 0.6 is 11.6 Å². The zero-order valence-electron chi connectivity index (χ0n) is 22.9. The molecular formula is C30H35ClN2O6S. The van der Waals surface area contributed by atoms with Gasteiger partial charge in [-0.05, 0) is 61.7 Å². The van der Waals surface area contributed by atoms with E-state index in [1.54, 1.807) is 31.3 Å². The minimum Gasteiger partial charge on any atom is -0.493 e. The lowest BCUT2D eigenvalue weighted by molar-refractivity contribution is -0.143. The van der Waals surface area contributed by atoms with Crippen molar-refractivity contribution in [1.82, 2.24) is 0 Å². The average Bonchev–Trinajstić information content (AvgIpc) is 2.89. The van der Waals surface area contributed by atoms with Crippen LogP contribution in [0.2, 0.25) is 5.02 Å². The number of carbonyl (C=O) groups is 1. The Morgan fingerprint density at radius 3 is 2.50 bits per heavy atom. The second-order valence-electron chi connectivity index (χ2n) is 9.09. The number of oxime groups is 1. The molecule has 0 spiro atoms. The normalized spacial score (nSPS) is 12.2. The van der Waals surface area contributed by atoms with E-state index < -0.39 is 21.8 Å². The fourth-order valence-electron chi connectivity index (χ4n) is 4.00. The average molecular weight is 587 g/mol. The van der Waals surface area contributed by atoms with Crippen molar-refractivity contribution in [2.75, 3.05) is 30.9 Å². The van der Waals surface area contributed by atoms with Gasteiger partial charge in [0, 0.05) is 18.2 Å². The molecule has 8 nitrogen and oxygen atoms in total. The van der Waals surface area contributed by atoms with Gasteiger partial charge in [-0.2, -0.15) is 0 Å². The smallest absolute Gasteiger partial charge is 0.307 e. The Hall–Kier alpha value is -3.56. The number of esters is 1. The second-order valence-corrected chi connectivity index (χ2v) is 11.5. The summed E-state index contributed by atoms with van der Waals surface area (Å²) in [6.07, 6.45) is 2.23. The third-order valence-corrected chi connectivity index (χ3v) is 8.09. The largest absolute Gasteiger partial charge is 0.493 e. The molecule has 3 aromatic rings. The van der Waals surface area contributed by atoms with Crippen LogP contribution in [0.15, 0.2) is 76.8 Å². The van der Waals surface area contributed by atoms with Gasteiger partial charge >= 0.3 is 5.97 Å². The Morgan fingerprint density at radius 2 is 1.80 bits per heavy atom. The first-order valence-electron chi connectivity index (χ1n) is 13.1. The van der Waals surface area contributed by atoms with E-state index in [1.807, 2.05) is 50.2 Å². The van der Waals surface area contributed by atoms with Crippen LogP contribution in [0.25, 0.3) is 0 Å². The van der Waals surface area contributed by atoms with Gasteiger partial charge in [-0.1, -0.05) is 53.2 Å². The molecule has 40 heavy (non-hydrogen) atoms. The van der Waals surface area contributed by atoms with Crippen molar-refractivity contribution < 1.29 is 27.5 Å². The number of rotatable bonds is 15. The van der Waals surface area contributed by atoms with E-state index in [-0.39, 0.29) is 28.7 Å². The number of halogens is 1. The fourth-order valence-corrected chi connectivity index (χ4v) is 6.05. The van der Waals surface area contributed by atoms with Gasteiger partial charge in [-0.25, -0.2) is 8.42 Å². The van der Waals surface area contributed by atoms with E-state index in [1.165, 1.54) is 12.1 Å². The summed E-state index contributed by atoms with van der Waals surface area (Å²) in [6, 6.07) is 19.0. The molecule has 0 amide bonds. The van der Waals surface area contributed by atoms with Crippen LogP contribution < -0.4 is 10.1 Å². The van der Waals surface area contributed by atoms with E-state index in [9.17, 15) is 13.2 Å². The quantitative estimate of drug-likeness (QED) is 0.135. The first kappa shape index (κ1) is 31.0. The lowest BCUT2D eigenvalue weighted by Gasteiger charge is -2.21. The van der Waals surface area contributed by atoms with Crippen molar-refractivity contribution in [1.29, 1.82) is 0 Å². The van der Waals surface area contributed by atoms with Gasteiger partial charge < -0.3 is 19.6 Å². The fraction of sp³-hybridized carbons (Fsp3) is 0.333. The standard InChI is InChI=1S/C30H35ClN2O6S/c1-4-37-30(34)19-26(21-40(35,36)29-9-7-6-8-28(29)31)33-25-16-22(3)17-27(18-25)38-15-14-23-10-12-24(13-11-23)20-32-39-5-2/h6-13,16-18,20,26,33H,4-5,14-15,19,21H2,1-3H3. The predicted octanol–water partition coefficient (Wildman–Crippen LogP) is 5.85. The molecule has 0 saturated carbocycles. The summed E-state index contributed by atoms with van der Waals surface area (Å²) < 4.78 is 37.5. The highest BCUT2D eigenvalue weighted by Gasteiger charge is 2.26. The van der Waals surface area contributed by atoms with Gasteiger partial charge in [0.15, 0.2) is 9.84 Å². The van der Waals surface area contributed by atoms with E-state index in [0.29, 0.717) is 31.1 Å². The Balaban J connectivity index is 1.69. The Morgan fingerprint density at radius 1 is 1.05 bits per heavy atom. The van der Waals surface area contributed by atoms with E-state index in [4.69, 9.17) is 25.9 Å². The van der Waals surface area contributed by atoms with Gasteiger partial charge in [0.2, 0.25) is 0 Å². The maximum Gasteiger partial charge on any atom is 0.307 e.